The van der Waals surface area contributed by atoms with Crippen LogP contribution in [0.1, 0.15) is 39.1 Å². The van der Waals surface area contributed by atoms with E-state index in [0.29, 0.717) is 12.1 Å². The third-order valence-corrected chi connectivity index (χ3v) is 5.17. The lowest BCUT2D eigenvalue weighted by Crippen LogP contribution is -2.54. The number of carbonyl (C=O) groups is 4. The van der Waals surface area contributed by atoms with E-state index in [0.717, 1.165) is 31.1 Å². The maximum Gasteiger partial charge on any atom is 0.265 e. The molecule has 0 spiro atoms. The Labute approximate surface area is 154 Å². The molecule has 0 aromatic heterocycles. The second-order valence-corrected chi connectivity index (χ2v) is 6.97. The number of hydrogen-bond donors (Lipinski definition) is 2. The second kappa shape index (κ2) is 6.82. The van der Waals surface area contributed by atoms with E-state index in [1.165, 1.54) is 12.1 Å². The number of amides is 4. The Kier molecular flexibility index (Phi) is 4.48. The average molecular weight is 374 g/mol. The van der Waals surface area contributed by atoms with Crippen LogP contribution in [0.15, 0.2) is 12.1 Å². The number of imide groups is 2. The number of halogens is 1. The molecule has 2 N–H and O–H groups in total. The molecule has 4 amide bonds. The van der Waals surface area contributed by atoms with Crippen LogP contribution in [0.4, 0.5) is 4.39 Å². The fraction of sp³-hybridized carbons (Fsp3) is 0.444. The van der Waals surface area contributed by atoms with Gasteiger partial charge in [-0.25, -0.2) is 4.39 Å². The Hall–Kier alpha value is -2.65. The SMILES string of the molecule is O=C1CCC(N2C(=O)c3cc(CN4CCNCC4)cc(F)c3C2=O)C(=O)N1. The number of benzene rings is 1. The molecule has 3 aliphatic heterocycles. The van der Waals surface area contributed by atoms with Crippen LogP contribution in [0.3, 0.4) is 0 Å². The van der Waals surface area contributed by atoms with Crippen molar-refractivity contribution in [3.63, 3.8) is 0 Å². The normalized spacial score (nSPS) is 23.6. The third-order valence-electron chi connectivity index (χ3n) is 5.17. The van der Waals surface area contributed by atoms with Crippen LogP contribution in [0.2, 0.25) is 0 Å². The van der Waals surface area contributed by atoms with Crippen molar-refractivity contribution in [2.24, 2.45) is 0 Å². The number of nitrogens with zero attached hydrogens (tertiary/aromatic N) is 2. The number of fused-ring (bicyclic) bond motifs is 1. The summed E-state index contributed by atoms with van der Waals surface area (Å²) < 4.78 is 14.6. The zero-order chi connectivity index (χ0) is 19.1. The number of piperidine rings is 1. The summed E-state index contributed by atoms with van der Waals surface area (Å²) in [6, 6.07) is 1.72. The Balaban J connectivity index is 1.61. The standard InChI is InChI=1S/C18H19FN4O4/c19-12-8-10(9-22-5-3-20-4-6-22)7-11-15(12)18(27)23(17(11)26)13-1-2-14(24)21-16(13)25/h7-8,13,20H,1-6,9H2,(H,21,24,25). The molecular weight excluding hydrogens is 355 g/mol. The highest BCUT2D eigenvalue weighted by Crippen LogP contribution is 2.30. The molecule has 3 heterocycles. The van der Waals surface area contributed by atoms with Gasteiger partial charge >= 0.3 is 0 Å². The number of carbonyl (C=O) groups excluding carboxylic acids is 4. The van der Waals surface area contributed by atoms with Crippen molar-refractivity contribution in [1.29, 1.82) is 0 Å². The summed E-state index contributed by atoms with van der Waals surface area (Å²) in [7, 11) is 0. The van der Waals surface area contributed by atoms with Gasteiger partial charge in [0.05, 0.1) is 11.1 Å². The first-order valence-corrected chi connectivity index (χ1v) is 8.93. The van der Waals surface area contributed by atoms with Crippen molar-refractivity contribution >= 4 is 23.6 Å². The summed E-state index contributed by atoms with van der Waals surface area (Å²) in [6.07, 6.45) is 0.0753. The third kappa shape index (κ3) is 3.13. The molecule has 0 saturated carbocycles. The molecule has 2 saturated heterocycles. The lowest BCUT2D eigenvalue weighted by molar-refractivity contribution is -0.136. The van der Waals surface area contributed by atoms with Crippen LogP contribution >= 0.6 is 0 Å². The Morgan fingerprint density at radius 1 is 1.07 bits per heavy atom. The van der Waals surface area contributed by atoms with E-state index in [1.807, 2.05) is 0 Å². The van der Waals surface area contributed by atoms with Gasteiger partial charge in [0, 0.05) is 39.1 Å². The summed E-state index contributed by atoms with van der Waals surface area (Å²) in [6.45, 7) is 3.79. The van der Waals surface area contributed by atoms with Crippen molar-refractivity contribution < 1.29 is 23.6 Å². The maximum atomic E-state index is 14.6. The minimum atomic E-state index is -1.09. The largest absolute Gasteiger partial charge is 0.314 e. The first kappa shape index (κ1) is 17.7. The van der Waals surface area contributed by atoms with E-state index in [9.17, 15) is 23.6 Å². The molecule has 1 atom stereocenters. The summed E-state index contributed by atoms with van der Waals surface area (Å²) >= 11 is 0. The predicted molar refractivity (Wildman–Crippen MR) is 91.2 cm³/mol. The molecule has 0 aliphatic carbocycles. The van der Waals surface area contributed by atoms with Gasteiger partial charge in [0.25, 0.3) is 11.8 Å². The van der Waals surface area contributed by atoms with Gasteiger partial charge in [-0.2, -0.15) is 0 Å². The highest BCUT2D eigenvalue weighted by molar-refractivity contribution is 6.23. The zero-order valence-corrected chi connectivity index (χ0v) is 14.6. The highest BCUT2D eigenvalue weighted by atomic mass is 19.1. The van der Waals surface area contributed by atoms with Gasteiger partial charge in [-0.15, -0.1) is 0 Å². The van der Waals surface area contributed by atoms with E-state index in [1.54, 1.807) is 0 Å². The molecular formula is C18H19FN4O4. The van der Waals surface area contributed by atoms with E-state index in [4.69, 9.17) is 0 Å². The van der Waals surface area contributed by atoms with Gasteiger partial charge in [-0.3, -0.25) is 34.3 Å². The van der Waals surface area contributed by atoms with Gasteiger partial charge < -0.3 is 5.32 Å². The van der Waals surface area contributed by atoms with Crippen molar-refractivity contribution in [1.82, 2.24) is 20.4 Å². The monoisotopic (exact) mass is 374 g/mol. The van der Waals surface area contributed by atoms with Crippen LogP contribution in [0.5, 0.6) is 0 Å². The maximum absolute atomic E-state index is 14.6. The van der Waals surface area contributed by atoms with Crippen LogP contribution in [0.25, 0.3) is 0 Å². The van der Waals surface area contributed by atoms with E-state index < -0.39 is 35.5 Å². The fourth-order valence-electron chi connectivity index (χ4n) is 3.82. The first-order valence-electron chi connectivity index (χ1n) is 8.93. The number of piperazine rings is 1. The second-order valence-electron chi connectivity index (χ2n) is 6.97. The van der Waals surface area contributed by atoms with E-state index in [-0.39, 0.29) is 24.0 Å². The molecule has 27 heavy (non-hydrogen) atoms. The zero-order valence-electron chi connectivity index (χ0n) is 14.6. The molecule has 8 nitrogen and oxygen atoms in total. The number of rotatable bonds is 3. The number of hydrogen-bond acceptors (Lipinski definition) is 6. The summed E-state index contributed by atoms with van der Waals surface area (Å²) in [4.78, 5) is 51.7. The van der Waals surface area contributed by atoms with Crippen LogP contribution < -0.4 is 10.6 Å². The molecule has 2 fully saturated rings. The van der Waals surface area contributed by atoms with Gasteiger partial charge in [-0.1, -0.05) is 0 Å². The lowest BCUT2D eigenvalue weighted by atomic mass is 10.0. The van der Waals surface area contributed by atoms with Gasteiger partial charge in [0.2, 0.25) is 11.8 Å². The molecule has 4 rings (SSSR count). The molecule has 3 aliphatic rings. The van der Waals surface area contributed by atoms with Gasteiger partial charge in [0.1, 0.15) is 11.9 Å². The van der Waals surface area contributed by atoms with E-state index in [2.05, 4.69) is 15.5 Å². The minimum Gasteiger partial charge on any atom is -0.314 e. The number of nitrogens with one attached hydrogen (secondary N) is 2. The predicted octanol–water partition coefficient (Wildman–Crippen LogP) is -0.368. The summed E-state index contributed by atoms with van der Waals surface area (Å²) in [5.74, 6) is -3.42. The van der Waals surface area contributed by atoms with Gasteiger partial charge in [-0.05, 0) is 24.1 Å². The quantitative estimate of drug-likeness (QED) is 0.701. The van der Waals surface area contributed by atoms with Crippen LogP contribution in [-0.4, -0.2) is 65.6 Å². The van der Waals surface area contributed by atoms with Crippen molar-refractivity contribution in [3.05, 3.63) is 34.6 Å². The van der Waals surface area contributed by atoms with Crippen molar-refractivity contribution in [3.8, 4) is 0 Å². The molecule has 0 bridgehead atoms. The Morgan fingerprint density at radius 3 is 2.52 bits per heavy atom. The van der Waals surface area contributed by atoms with E-state index >= 15 is 0 Å². The minimum absolute atomic E-state index is 0.0187. The van der Waals surface area contributed by atoms with Crippen LogP contribution in [-0.2, 0) is 16.1 Å². The summed E-state index contributed by atoms with van der Waals surface area (Å²) in [5, 5.41) is 5.36. The Morgan fingerprint density at radius 2 is 1.81 bits per heavy atom. The van der Waals surface area contributed by atoms with Crippen molar-refractivity contribution in [2.45, 2.75) is 25.4 Å². The van der Waals surface area contributed by atoms with Gasteiger partial charge in [0.15, 0.2) is 0 Å². The van der Waals surface area contributed by atoms with Crippen molar-refractivity contribution in [2.75, 3.05) is 26.2 Å². The molecule has 0 radical (unpaired) electrons. The van der Waals surface area contributed by atoms with Crippen LogP contribution in [0, 0.1) is 5.82 Å². The molecule has 1 unspecified atom stereocenters. The summed E-state index contributed by atoms with van der Waals surface area (Å²) in [5.41, 5.74) is 0.294. The molecule has 1 aromatic rings. The highest BCUT2D eigenvalue weighted by Gasteiger charge is 2.46. The smallest absolute Gasteiger partial charge is 0.265 e. The first-order chi connectivity index (χ1) is 13.0. The molecule has 9 heteroatoms. The molecule has 1 aromatic carbocycles. The average Bonchev–Trinajstić information content (AvgIpc) is 2.87. The Bertz CT molecular complexity index is 850. The lowest BCUT2D eigenvalue weighted by Gasteiger charge is -2.27. The fourth-order valence-corrected chi connectivity index (χ4v) is 3.82. The molecule has 142 valence electrons. The topological polar surface area (TPSA) is 98.8 Å².